The highest BCUT2D eigenvalue weighted by atomic mass is 32.1. The summed E-state index contributed by atoms with van der Waals surface area (Å²) in [7, 11) is 0. The van der Waals surface area contributed by atoms with Gasteiger partial charge in [0.1, 0.15) is 11.2 Å². The fourth-order valence-corrected chi connectivity index (χ4v) is 3.87. The second-order valence-electron chi connectivity index (χ2n) is 4.98. The van der Waals surface area contributed by atoms with Gasteiger partial charge < -0.3 is 5.32 Å². The number of carbonyl (C=O) groups is 1. The smallest absolute Gasteiger partial charge is 0.223 e. The monoisotopic (exact) mass is 275 g/mol. The van der Waals surface area contributed by atoms with Gasteiger partial charge in [0.15, 0.2) is 0 Å². The van der Waals surface area contributed by atoms with Crippen molar-refractivity contribution in [3.8, 4) is 0 Å². The van der Waals surface area contributed by atoms with Crippen molar-refractivity contribution in [2.24, 2.45) is 5.92 Å². The van der Waals surface area contributed by atoms with E-state index in [2.05, 4.69) is 22.2 Å². The molecule has 4 nitrogen and oxygen atoms in total. The largest absolute Gasteiger partial charge is 0.356 e. The Morgan fingerprint density at radius 1 is 1.58 bits per heavy atom. The summed E-state index contributed by atoms with van der Waals surface area (Å²) in [6.45, 7) is 2.85. The molecule has 1 aliphatic rings. The third-order valence-corrected chi connectivity index (χ3v) is 4.83. The minimum Gasteiger partial charge on any atom is -0.356 e. The van der Waals surface area contributed by atoms with Crippen molar-refractivity contribution >= 4 is 27.5 Å². The molecule has 0 aromatic carbocycles. The number of carbonyl (C=O) groups excluding carboxylic acids is 1. The van der Waals surface area contributed by atoms with Gasteiger partial charge in [0, 0.05) is 28.9 Å². The molecule has 19 heavy (non-hydrogen) atoms. The Kier molecular flexibility index (Phi) is 3.46. The average molecular weight is 275 g/mol. The van der Waals surface area contributed by atoms with Crippen molar-refractivity contribution in [2.75, 3.05) is 6.54 Å². The Hall–Kier alpha value is -1.49. The SMILES string of the molecule is CCCNC(=O)C1CCc2c(sc3ncncc23)C1. The second kappa shape index (κ2) is 5.25. The Bertz CT molecular complexity index is 608. The van der Waals surface area contributed by atoms with Crippen LogP contribution < -0.4 is 5.32 Å². The minimum atomic E-state index is 0.125. The van der Waals surface area contributed by atoms with Crippen LogP contribution >= 0.6 is 11.3 Å². The van der Waals surface area contributed by atoms with E-state index in [1.165, 1.54) is 15.8 Å². The van der Waals surface area contributed by atoms with Crippen LogP contribution in [-0.4, -0.2) is 22.4 Å². The van der Waals surface area contributed by atoms with Gasteiger partial charge >= 0.3 is 0 Å². The number of thiophene rings is 1. The average Bonchev–Trinajstić information content (AvgIpc) is 2.82. The van der Waals surface area contributed by atoms with Crippen molar-refractivity contribution in [3.05, 3.63) is 23.0 Å². The first-order chi connectivity index (χ1) is 9.29. The van der Waals surface area contributed by atoms with Crippen LogP contribution in [0, 0.1) is 5.92 Å². The van der Waals surface area contributed by atoms with Crippen LogP contribution in [0.1, 0.15) is 30.2 Å². The second-order valence-corrected chi connectivity index (χ2v) is 6.06. The van der Waals surface area contributed by atoms with Crippen molar-refractivity contribution in [1.29, 1.82) is 0 Å². The molecule has 1 aliphatic carbocycles. The van der Waals surface area contributed by atoms with E-state index in [9.17, 15) is 4.79 Å². The molecule has 0 aliphatic heterocycles. The summed E-state index contributed by atoms with van der Waals surface area (Å²) in [4.78, 5) is 22.8. The van der Waals surface area contributed by atoms with Gasteiger partial charge in [0.2, 0.25) is 5.91 Å². The number of nitrogens with zero attached hydrogens (tertiary/aromatic N) is 2. The van der Waals surface area contributed by atoms with Crippen molar-refractivity contribution in [1.82, 2.24) is 15.3 Å². The predicted octanol–water partition coefficient (Wildman–Crippen LogP) is 2.32. The minimum absolute atomic E-state index is 0.125. The van der Waals surface area contributed by atoms with Crippen LogP contribution in [0.4, 0.5) is 0 Å². The molecule has 2 aromatic heterocycles. The van der Waals surface area contributed by atoms with E-state index in [1.807, 2.05) is 6.20 Å². The third-order valence-electron chi connectivity index (χ3n) is 3.65. The van der Waals surface area contributed by atoms with Crippen LogP contribution in [-0.2, 0) is 17.6 Å². The first-order valence-corrected chi connectivity index (χ1v) is 7.59. The predicted molar refractivity (Wildman–Crippen MR) is 76.2 cm³/mol. The molecular weight excluding hydrogens is 258 g/mol. The van der Waals surface area contributed by atoms with E-state index in [1.54, 1.807) is 17.7 Å². The van der Waals surface area contributed by atoms with Crippen LogP contribution in [0.15, 0.2) is 12.5 Å². The summed E-state index contributed by atoms with van der Waals surface area (Å²) < 4.78 is 0. The normalized spacial score (nSPS) is 18.3. The topological polar surface area (TPSA) is 54.9 Å². The van der Waals surface area contributed by atoms with Crippen molar-refractivity contribution in [3.63, 3.8) is 0 Å². The Balaban J connectivity index is 1.82. The lowest BCUT2D eigenvalue weighted by atomic mass is 9.87. The molecule has 100 valence electrons. The van der Waals surface area contributed by atoms with E-state index in [0.717, 1.165) is 37.1 Å². The van der Waals surface area contributed by atoms with Gasteiger partial charge in [-0.1, -0.05) is 6.92 Å². The summed E-state index contributed by atoms with van der Waals surface area (Å²) >= 11 is 1.71. The number of aryl methyl sites for hydroxylation is 1. The van der Waals surface area contributed by atoms with E-state index >= 15 is 0 Å². The quantitative estimate of drug-likeness (QED) is 0.935. The van der Waals surface area contributed by atoms with Crippen LogP contribution in [0.5, 0.6) is 0 Å². The molecule has 5 heteroatoms. The molecule has 0 spiro atoms. The van der Waals surface area contributed by atoms with Gasteiger partial charge in [-0.25, -0.2) is 9.97 Å². The molecule has 0 fully saturated rings. The van der Waals surface area contributed by atoms with E-state index in [4.69, 9.17) is 0 Å². The highest BCUT2D eigenvalue weighted by molar-refractivity contribution is 7.18. The number of amides is 1. The van der Waals surface area contributed by atoms with Crippen molar-refractivity contribution in [2.45, 2.75) is 32.6 Å². The lowest BCUT2D eigenvalue weighted by molar-refractivity contribution is -0.125. The first-order valence-electron chi connectivity index (χ1n) is 6.77. The molecule has 1 amide bonds. The van der Waals surface area contributed by atoms with Gasteiger partial charge in [0.05, 0.1) is 0 Å². The summed E-state index contributed by atoms with van der Waals surface area (Å²) in [5, 5.41) is 4.18. The highest BCUT2D eigenvalue weighted by Gasteiger charge is 2.27. The van der Waals surface area contributed by atoms with Gasteiger partial charge in [-0.05, 0) is 31.2 Å². The zero-order valence-electron chi connectivity index (χ0n) is 11.0. The Labute approximate surface area is 116 Å². The molecule has 0 bridgehead atoms. The highest BCUT2D eigenvalue weighted by Crippen LogP contribution is 2.36. The molecule has 1 atom stereocenters. The Morgan fingerprint density at radius 3 is 3.32 bits per heavy atom. The van der Waals surface area contributed by atoms with Crippen molar-refractivity contribution < 1.29 is 4.79 Å². The van der Waals surface area contributed by atoms with Crippen LogP contribution in [0.3, 0.4) is 0 Å². The Morgan fingerprint density at radius 2 is 2.47 bits per heavy atom. The molecule has 2 heterocycles. The number of aromatic nitrogens is 2. The zero-order valence-corrected chi connectivity index (χ0v) is 11.8. The first kappa shape index (κ1) is 12.5. The number of hydrogen-bond acceptors (Lipinski definition) is 4. The lowest BCUT2D eigenvalue weighted by Crippen LogP contribution is -2.34. The van der Waals surface area contributed by atoms with E-state index < -0.39 is 0 Å². The number of rotatable bonds is 3. The third kappa shape index (κ3) is 2.34. The molecule has 3 rings (SSSR count). The maximum atomic E-state index is 12.0. The van der Waals surface area contributed by atoms with Crippen LogP contribution in [0.2, 0.25) is 0 Å². The van der Waals surface area contributed by atoms with Gasteiger partial charge in [0.25, 0.3) is 0 Å². The fourth-order valence-electron chi connectivity index (χ4n) is 2.63. The maximum absolute atomic E-state index is 12.0. The molecule has 0 radical (unpaired) electrons. The number of fused-ring (bicyclic) bond motifs is 3. The van der Waals surface area contributed by atoms with E-state index in [0.29, 0.717) is 0 Å². The van der Waals surface area contributed by atoms with Gasteiger partial charge in [-0.3, -0.25) is 4.79 Å². The maximum Gasteiger partial charge on any atom is 0.223 e. The number of nitrogens with one attached hydrogen (secondary N) is 1. The van der Waals surface area contributed by atoms with Crippen LogP contribution in [0.25, 0.3) is 10.2 Å². The fraction of sp³-hybridized carbons (Fsp3) is 0.500. The molecule has 0 saturated heterocycles. The lowest BCUT2D eigenvalue weighted by Gasteiger charge is -2.21. The summed E-state index contributed by atoms with van der Waals surface area (Å²) in [5.74, 6) is 0.330. The van der Waals surface area contributed by atoms with Gasteiger partial charge in [-0.2, -0.15) is 0 Å². The standard InChI is InChI=1S/C14H17N3OS/c1-2-5-16-13(18)9-3-4-10-11-7-15-8-17-14(11)19-12(10)6-9/h7-9H,2-6H2,1H3,(H,16,18). The summed E-state index contributed by atoms with van der Waals surface area (Å²) in [6.07, 6.45) is 7.23. The number of hydrogen-bond donors (Lipinski definition) is 1. The molecule has 2 aromatic rings. The molecule has 1 N–H and O–H groups in total. The molecule has 0 saturated carbocycles. The molecule has 1 unspecified atom stereocenters. The molecular formula is C14H17N3OS. The summed E-state index contributed by atoms with van der Waals surface area (Å²) in [5.41, 5.74) is 1.36. The summed E-state index contributed by atoms with van der Waals surface area (Å²) in [6, 6.07) is 0. The van der Waals surface area contributed by atoms with E-state index in [-0.39, 0.29) is 11.8 Å². The zero-order chi connectivity index (χ0) is 13.2. The van der Waals surface area contributed by atoms with Gasteiger partial charge in [-0.15, -0.1) is 11.3 Å².